The van der Waals surface area contributed by atoms with E-state index in [-0.39, 0.29) is 11.2 Å². The molecule has 0 amide bonds. The normalized spacial score (nSPS) is 18.6. The number of ether oxygens (including phenoxy) is 2. The average Bonchev–Trinajstić information content (AvgIpc) is 2.14. The fraction of sp³-hybridized carbons (Fsp3) is 0.538. The van der Waals surface area contributed by atoms with Crippen LogP contribution in [0, 0.1) is 5.82 Å². The lowest BCUT2D eigenvalue weighted by atomic mass is 9.65. The van der Waals surface area contributed by atoms with Crippen molar-refractivity contribution in [2.24, 2.45) is 5.73 Å². The first kappa shape index (κ1) is 12.3. The molecule has 0 saturated carbocycles. The van der Waals surface area contributed by atoms with E-state index >= 15 is 0 Å². The number of halogens is 1. The second-order valence-corrected chi connectivity index (χ2v) is 5.14. The van der Waals surface area contributed by atoms with Crippen molar-refractivity contribution in [1.29, 1.82) is 0 Å². The molecule has 1 aromatic rings. The molecule has 0 atom stereocenters. The van der Waals surface area contributed by atoms with E-state index in [9.17, 15) is 4.39 Å². The first-order valence-corrected chi connectivity index (χ1v) is 5.61. The first-order valence-electron chi connectivity index (χ1n) is 5.61. The van der Waals surface area contributed by atoms with Gasteiger partial charge in [-0.05, 0) is 32.0 Å². The Hall–Kier alpha value is -1.13. The van der Waals surface area contributed by atoms with Gasteiger partial charge in [0.25, 0.3) is 0 Å². The zero-order valence-electron chi connectivity index (χ0n) is 10.4. The summed E-state index contributed by atoms with van der Waals surface area (Å²) in [5.41, 5.74) is 6.15. The number of nitrogens with two attached hydrogens (primary N) is 1. The Morgan fingerprint density at radius 2 is 2.06 bits per heavy atom. The Balaban J connectivity index is 2.54. The van der Waals surface area contributed by atoms with Crippen LogP contribution in [0.3, 0.4) is 0 Å². The van der Waals surface area contributed by atoms with Gasteiger partial charge in [-0.15, -0.1) is 0 Å². The topological polar surface area (TPSA) is 44.5 Å². The first-order chi connectivity index (χ1) is 7.90. The molecule has 4 heteroatoms. The lowest BCUT2D eigenvalue weighted by Crippen LogP contribution is -2.64. The molecule has 2 N–H and O–H groups in total. The van der Waals surface area contributed by atoms with E-state index in [4.69, 9.17) is 15.2 Å². The zero-order valence-corrected chi connectivity index (χ0v) is 10.4. The molecular formula is C13H18FNO2. The molecule has 1 fully saturated rings. The molecule has 3 nitrogen and oxygen atoms in total. The minimum absolute atomic E-state index is 0.281. The van der Waals surface area contributed by atoms with E-state index in [2.05, 4.69) is 0 Å². The van der Waals surface area contributed by atoms with Crippen molar-refractivity contribution >= 4 is 0 Å². The van der Waals surface area contributed by atoms with E-state index in [1.165, 1.54) is 12.1 Å². The van der Waals surface area contributed by atoms with Crippen molar-refractivity contribution in [3.63, 3.8) is 0 Å². The third-order valence-electron chi connectivity index (χ3n) is 3.61. The highest BCUT2D eigenvalue weighted by molar-refractivity contribution is 5.44. The van der Waals surface area contributed by atoms with Gasteiger partial charge in [0, 0.05) is 11.1 Å². The summed E-state index contributed by atoms with van der Waals surface area (Å²) in [5.74, 6) is 0.379. The Kier molecular flexibility index (Phi) is 2.87. The van der Waals surface area contributed by atoms with Crippen LogP contribution in [0.1, 0.15) is 19.4 Å². The Bertz CT molecular complexity index is 422. The van der Waals surface area contributed by atoms with Crippen molar-refractivity contribution in [3.8, 4) is 5.75 Å². The Labute approximate surface area is 101 Å². The monoisotopic (exact) mass is 239 g/mol. The van der Waals surface area contributed by atoms with Crippen LogP contribution in [0.4, 0.5) is 4.39 Å². The van der Waals surface area contributed by atoms with Crippen LogP contribution in [0.25, 0.3) is 0 Å². The summed E-state index contributed by atoms with van der Waals surface area (Å²) >= 11 is 0. The van der Waals surface area contributed by atoms with Crippen molar-refractivity contribution in [2.75, 3.05) is 20.3 Å². The summed E-state index contributed by atoms with van der Waals surface area (Å²) in [4.78, 5) is 0. The Morgan fingerprint density at radius 1 is 1.41 bits per heavy atom. The molecule has 0 aliphatic carbocycles. The SMILES string of the molecule is COc1ccc(F)cc1C1(C(C)(C)N)COC1. The number of hydrogen-bond donors (Lipinski definition) is 1. The predicted octanol–water partition coefficient (Wildman–Crippen LogP) is 1.84. The molecule has 1 aliphatic rings. The quantitative estimate of drug-likeness (QED) is 0.875. The molecule has 0 aromatic heterocycles. The fourth-order valence-electron chi connectivity index (χ4n) is 2.23. The molecular weight excluding hydrogens is 221 g/mol. The molecule has 0 radical (unpaired) electrons. The highest BCUT2D eigenvalue weighted by Gasteiger charge is 2.51. The largest absolute Gasteiger partial charge is 0.496 e. The number of methoxy groups -OCH3 is 1. The molecule has 17 heavy (non-hydrogen) atoms. The summed E-state index contributed by atoms with van der Waals surface area (Å²) < 4.78 is 24.0. The maximum Gasteiger partial charge on any atom is 0.123 e. The molecule has 2 rings (SSSR count). The van der Waals surface area contributed by atoms with Crippen LogP contribution < -0.4 is 10.5 Å². The lowest BCUT2D eigenvalue weighted by molar-refractivity contribution is -0.0928. The van der Waals surface area contributed by atoms with E-state index < -0.39 is 5.54 Å². The molecule has 0 spiro atoms. The Morgan fingerprint density at radius 3 is 2.47 bits per heavy atom. The van der Waals surface area contributed by atoms with Gasteiger partial charge in [0.05, 0.1) is 25.7 Å². The van der Waals surface area contributed by atoms with Crippen LogP contribution in [-0.2, 0) is 10.2 Å². The molecule has 1 heterocycles. The number of hydrogen-bond acceptors (Lipinski definition) is 3. The van der Waals surface area contributed by atoms with E-state index in [1.807, 2.05) is 13.8 Å². The summed E-state index contributed by atoms with van der Waals surface area (Å²) in [6.45, 7) is 4.85. The van der Waals surface area contributed by atoms with Gasteiger partial charge in [-0.2, -0.15) is 0 Å². The van der Waals surface area contributed by atoms with E-state index in [0.29, 0.717) is 19.0 Å². The molecule has 1 saturated heterocycles. The minimum atomic E-state index is -0.494. The molecule has 0 bridgehead atoms. The zero-order chi connectivity index (χ0) is 12.7. The second-order valence-electron chi connectivity index (χ2n) is 5.14. The van der Waals surface area contributed by atoms with Crippen LogP contribution in [0.2, 0.25) is 0 Å². The van der Waals surface area contributed by atoms with E-state index in [1.54, 1.807) is 13.2 Å². The smallest absolute Gasteiger partial charge is 0.123 e. The van der Waals surface area contributed by atoms with Crippen LogP contribution in [0.15, 0.2) is 18.2 Å². The summed E-state index contributed by atoms with van der Waals surface area (Å²) in [5, 5.41) is 0. The summed E-state index contributed by atoms with van der Waals surface area (Å²) in [7, 11) is 1.58. The van der Waals surface area contributed by atoms with Crippen LogP contribution in [0.5, 0.6) is 5.75 Å². The van der Waals surface area contributed by atoms with Crippen molar-refractivity contribution in [1.82, 2.24) is 0 Å². The molecule has 0 unspecified atom stereocenters. The van der Waals surface area contributed by atoms with Crippen molar-refractivity contribution < 1.29 is 13.9 Å². The highest BCUT2D eigenvalue weighted by atomic mass is 19.1. The minimum Gasteiger partial charge on any atom is -0.496 e. The molecule has 1 aliphatic heterocycles. The summed E-state index contributed by atoms with van der Waals surface area (Å²) in [6.07, 6.45) is 0. The van der Waals surface area contributed by atoms with Crippen LogP contribution in [-0.4, -0.2) is 25.9 Å². The lowest BCUT2D eigenvalue weighted by Gasteiger charge is -2.51. The van der Waals surface area contributed by atoms with Gasteiger partial charge >= 0.3 is 0 Å². The van der Waals surface area contributed by atoms with Gasteiger partial charge in [-0.3, -0.25) is 0 Å². The fourth-order valence-corrected chi connectivity index (χ4v) is 2.23. The van der Waals surface area contributed by atoms with Crippen molar-refractivity contribution in [3.05, 3.63) is 29.6 Å². The number of rotatable bonds is 3. The predicted molar refractivity (Wildman–Crippen MR) is 63.7 cm³/mol. The van der Waals surface area contributed by atoms with Gasteiger partial charge in [0.15, 0.2) is 0 Å². The summed E-state index contributed by atoms with van der Waals surface area (Å²) in [6, 6.07) is 4.52. The third kappa shape index (κ3) is 1.81. The van der Waals surface area contributed by atoms with Crippen LogP contribution >= 0.6 is 0 Å². The maximum atomic E-state index is 13.4. The molecule has 1 aromatic carbocycles. The third-order valence-corrected chi connectivity index (χ3v) is 3.61. The van der Waals surface area contributed by atoms with Crippen molar-refractivity contribution in [2.45, 2.75) is 24.8 Å². The van der Waals surface area contributed by atoms with Gasteiger partial charge in [-0.1, -0.05) is 0 Å². The number of benzene rings is 1. The standard InChI is InChI=1S/C13H18FNO2/c1-12(2,15)13(7-17-8-13)10-6-9(14)4-5-11(10)16-3/h4-6H,7-8,15H2,1-3H3. The highest BCUT2D eigenvalue weighted by Crippen LogP contribution is 2.44. The second kappa shape index (κ2) is 3.96. The van der Waals surface area contributed by atoms with Gasteiger partial charge in [0.2, 0.25) is 0 Å². The average molecular weight is 239 g/mol. The van der Waals surface area contributed by atoms with E-state index in [0.717, 1.165) is 5.56 Å². The van der Waals surface area contributed by atoms with Gasteiger partial charge < -0.3 is 15.2 Å². The maximum absolute atomic E-state index is 13.4. The van der Waals surface area contributed by atoms with Gasteiger partial charge in [-0.25, -0.2) is 4.39 Å². The van der Waals surface area contributed by atoms with Gasteiger partial charge in [0.1, 0.15) is 11.6 Å². The molecule has 94 valence electrons.